The van der Waals surface area contributed by atoms with Gasteiger partial charge in [-0.1, -0.05) is 0 Å². The maximum absolute atomic E-state index is 13.0. The van der Waals surface area contributed by atoms with Crippen LogP contribution in [0, 0.1) is 5.82 Å². The van der Waals surface area contributed by atoms with Crippen LogP contribution in [0.1, 0.15) is 12.8 Å². The molecular weight excluding hydrogens is 207 g/mol. The molecule has 0 aliphatic carbocycles. The minimum Gasteiger partial charge on any atom is -0.385 e. The minimum absolute atomic E-state index is 0.203. The zero-order valence-corrected chi connectivity index (χ0v) is 9.42. The Morgan fingerprint density at radius 2 is 2.31 bits per heavy atom. The zero-order chi connectivity index (χ0) is 11.4. The van der Waals surface area contributed by atoms with Crippen LogP contribution in [0.25, 0.3) is 0 Å². The minimum atomic E-state index is -0.203. The number of halogens is 1. The largest absolute Gasteiger partial charge is 0.385 e. The molecule has 0 radical (unpaired) electrons. The molecule has 0 fully saturated rings. The lowest BCUT2D eigenvalue weighted by molar-refractivity contribution is 0.191. The number of anilines is 2. The van der Waals surface area contributed by atoms with Gasteiger partial charge in [0.1, 0.15) is 5.82 Å². The van der Waals surface area contributed by atoms with E-state index in [0.29, 0.717) is 6.04 Å². The smallest absolute Gasteiger partial charge is 0.125 e. The van der Waals surface area contributed by atoms with Gasteiger partial charge in [-0.25, -0.2) is 4.39 Å². The summed E-state index contributed by atoms with van der Waals surface area (Å²) in [6.45, 7) is 1.62. The summed E-state index contributed by atoms with van der Waals surface area (Å²) < 4.78 is 18.0. The Morgan fingerprint density at radius 1 is 1.44 bits per heavy atom. The van der Waals surface area contributed by atoms with Crippen LogP contribution in [0.2, 0.25) is 0 Å². The summed E-state index contributed by atoms with van der Waals surface area (Å²) in [5.74, 6) is -0.203. The number of nitrogens with one attached hydrogen (secondary N) is 2. The second-order valence-corrected chi connectivity index (χ2v) is 4.05. The van der Waals surface area contributed by atoms with Crippen LogP contribution < -0.4 is 10.6 Å². The maximum atomic E-state index is 13.0. The summed E-state index contributed by atoms with van der Waals surface area (Å²) >= 11 is 0. The lowest BCUT2D eigenvalue weighted by Gasteiger charge is -2.28. The molecule has 0 bridgehead atoms. The van der Waals surface area contributed by atoms with E-state index in [1.54, 1.807) is 13.2 Å². The Morgan fingerprint density at radius 3 is 3.12 bits per heavy atom. The van der Waals surface area contributed by atoms with E-state index in [1.807, 2.05) is 0 Å². The van der Waals surface area contributed by atoms with Crippen LogP contribution in [0.5, 0.6) is 0 Å². The SMILES string of the molecule is COCCCC1CNc2cc(F)ccc2N1. The van der Waals surface area contributed by atoms with Crippen LogP contribution in [-0.4, -0.2) is 26.3 Å². The molecule has 0 amide bonds. The number of methoxy groups -OCH3 is 1. The van der Waals surface area contributed by atoms with Gasteiger partial charge in [-0.05, 0) is 31.0 Å². The Labute approximate surface area is 95.0 Å². The van der Waals surface area contributed by atoms with Gasteiger partial charge in [-0.15, -0.1) is 0 Å². The number of benzene rings is 1. The van der Waals surface area contributed by atoms with Crippen molar-refractivity contribution >= 4 is 11.4 Å². The van der Waals surface area contributed by atoms with Crippen molar-refractivity contribution in [2.75, 3.05) is 30.9 Å². The topological polar surface area (TPSA) is 33.3 Å². The van der Waals surface area contributed by atoms with E-state index in [9.17, 15) is 4.39 Å². The third-order valence-electron chi connectivity index (χ3n) is 2.78. The van der Waals surface area contributed by atoms with Gasteiger partial charge in [0.05, 0.1) is 11.4 Å². The van der Waals surface area contributed by atoms with Crippen molar-refractivity contribution in [1.29, 1.82) is 0 Å². The molecule has 0 saturated heterocycles. The van der Waals surface area contributed by atoms with Crippen molar-refractivity contribution in [3.05, 3.63) is 24.0 Å². The normalized spacial score (nSPS) is 18.5. The Balaban J connectivity index is 1.93. The van der Waals surface area contributed by atoms with Crippen molar-refractivity contribution in [3.8, 4) is 0 Å². The first-order valence-electron chi connectivity index (χ1n) is 5.58. The summed E-state index contributed by atoms with van der Waals surface area (Å²) in [6, 6.07) is 5.17. The molecule has 1 aromatic rings. The fraction of sp³-hybridized carbons (Fsp3) is 0.500. The molecule has 1 aliphatic heterocycles. The molecule has 0 spiro atoms. The first kappa shape index (κ1) is 11.2. The van der Waals surface area contributed by atoms with Crippen LogP contribution >= 0.6 is 0 Å². The Kier molecular flexibility index (Phi) is 3.62. The van der Waals surface area contributed by atoms with E-state index in [0.717, 1.165) is 37.4 Å². The van der Waals surface area contributed by atoms with Gasteiger partial charge >= 0.3 is 0 Å². The average Bonchev–Trinajstić information content (AvgIpc) is 2.29. The highest BCUT2D eigenvalue weighted by molar-refractivity contribution is 5.71. The number of rotatable bonds is 4. The van der Waals surface area contributed by atoms with Crippen LogP contribution in [0.3, 0.4) is 0 Å². The molecule has 0 saturated carbocycles. The summed E-state index contributed by atoms with van der Waals surface area (Å²) in [4.78, 5) is 0. The highest BCUT2D eigenvalue weighted by Gasteiger charge is 2.16. The molecule has 1 heterocycles. The highest BCUT2D eigenvalue weighted by Crippen LogP contribution is 2.27. The molecule has 0 aromatic heterocycles. The molecule has 4 heteroatoms. The molecule has 1 atom stereocenters. The lowest BCUT2D eigenvalue weighted by Crippen LogP contribution is -2.33. The van der Waals surface area contributed by atoms with Crippen LogP contribution in [0.4, 0.5) is 15.8 Å². The van der Waals surface area contributed by atoms with Crippen molar-refractivity contribution in [2.24, 2.45) is 0 Å². The molecule has 1 aliphatic rings. The molecule has 88 valence electrons. The third kappa shape index (κ3) is 2.64. The molecule has 1 unspecified atom stereocenters. The van der Waals surface area contributed by atoms with Crippen molar-refractivity contribution in [3.63, 3.8) is 0 Å². The van der Waals surface area contributed by atoms with E-state index >= 15 is 0 Å². The first-order valence-corrected chi connectivity index (χ1v) is 5.58. The van der Waals surface area contributed by atoms with Gasteiger partial charge in [-0.2, -0.15) is 0 Å². The monoisotopic (exact) mass is 224 g/mol. The number of ether oxygens (including phenoxy) is 1. The summed E-state index contributed by atoms with van der Waals surface area (Å²) in [6.07, 6.45) is 2.09. The van der Waals surface area contributed by atoms with Crippen molar-refractivity contribution < 1.29 is 9.13 Å². The fourth-order valence-corrected chi connectivity index (χ4v) is 1.94. The molecular formula is C12H17FN2O. The Hall–Kier alpha value is -1.29. The number of hydrogen-bond donors (Lipinski definition) is 2. The fourth-order valence-electron chi connectivity index (χ4n) is 1.94. The predicted octanol–water partition coefficient (Wildman–Crippen LogP) is 2.46. The van der Waals surface area contributed by atoms with Gasteiger partial charge < -0.3 is 15.4 Å². The lowest BCUT2D eigenvalue weighted by atomic mass is 10.1. The molecule has 3 nitrogen and oxygen atoms in total. The Bertz CT molecular complexity index is 357. The molecule has 2 N–H and O–H groups in total. The van der Waals surface area contributed by atoms with Gasteiger partial charge in [0.15, 0.2) is 0 Å². The number of fused-ring (bicyclic) bond motifs is 1. The quantitative estimate of drug-likeness (QED) is 0.771. The summed E-state index contributed by atoms with van der Waals surface area (Å²) in [5, 5.41) is 6.64. The number of hydrogen-bond acceptors (Lipinski definition) is 3. The van der Waals surface area contributed by atoms with Crippen LogP contribution in [0.15, 0.2) is 18.2 Å². The van der Waals surface area contributed by atoms with E-state index in [4.69, 9.17) is 4.74 Å². The predicted molar refractivity (Wildman–Crippen MR) is 63.4 cm³/mol. The first-order chi connectivity index (χ1) is 7.79. The second-order valence-electron chi connectivity index (χ2n) is 4.05. The van der Waals surface area contributed by atoms with E-state index < -0.39 is 0 Å². The van der Waals surface area contributed by atoms with Gasteiger partial charge in [-0.3, -0.25) is 0 Å². The van der Waals surface area contributed by atoms with Gasteiger partial charge in [0.2, 0.25) is 0 Å². The second kappa shape index (κ2) is 5.16. The van der Waals surface area contributed by atoms with E-state index in [1.165, 1.54) is 12.1 Å². The highest BCUT2D eigenvalue weighted by atomic mass is 19.1. The zero-order valence-electron chi connectivity index (χ0n) is 9.42. The van der Waals surface area contributed by atoms with Crippen molar-refractivity contribution in [2.45, 2.75) is 18.9 Å². The van der Waals surface area contributed by atoms with E-state index in [2.05, 4.69) is 10.6 Å². The van der Waals surface area contributed by atoms with Gasteiger partial charge in [0, 0.05) is 26.3 Å². The van der Waals surface area contributed by atoms with E-state index in [-0.39, 0.29) is 5.82 Å². The third-order valence-corrected chi connectivity index (χ3v) is 2.78. The molecule has 16 heavy (non-hydrogen) atoms. The van der Waals surface area contributed by atoms with Gasteiger partial charge in [0.25, 0.3) is 0 Å². The van der Waals surface area contributed by atoms with Crippen LogP contribution in [-0.2, 0) is 4.74 Å². The summed E-state index contributed by atoms with van der Waals surface area (Å²) in [7, 11) is 1.71. The molecule has 1 aromatic carbocycles. The standard InChI is InChI=1S/C12H17FN2O/c1-16-6-2-3-10-8-14-12-7-9(13)4-5-11(12)15-10/h4-5,7,10,14-15H,2-3,6,8H2,1H3. The maximum Gasteiger partial charge on any atom is 0.125 e. The average molecular weight is 224 g/mol. The molecule has 2 rings (SSSR count). The summed E-state index contributed by atoms with van der Waals surface area (Å²) in [5.41, 5.74) is 1.83. The van der Waals surface area contributed by atoms with Crippen molar-refractivity contribution in [1.82, 2.24) is 0 Å².